The van der Waals surface area contributed by atoms with Crippen molar-refractivity contribution >= 4 is 5.96 Å². The van der Waals surface area contributed by atoms with E-state index in [2.05, 4.69) is 65.7 Å². The van der Waals surface area contributed by atoms with Gasteiger partial charge in [0.25, 0.3) is 0 Å². The third-order valence-electron chi connectivity index (χ3n) is 3.80. The molecule has 0 spiro atoms. The van der Waals surface area contributed by atoms with Gasteiger partial charge in [-0.15, -0.1) is 0 Å². The summed E-state index contributed by atoms with van der Waals surface area (Å²) in [5, 5.41) is 3.19. The molecule has 4 nitrogen and oxygen atoms in total. The lowest BCUT2D eigenvalue weighted by atomic mass is 10.1. The molecular formula is C19H26N4. The Morgan fingerprint density at radius 1 is 1.04 bits per heavy atom. The van der Waals surface area contributed by atoms with Crippen LogP contribution < -0.4 is 11.1 Å². The zero-order valence-electron chi connectivity index (χ0n) is 13.9. The predicted octanol–water partition coefficient (Wildman–Crippen LogP) is 2.44. The molecule has 0 aliphatic heterocycles. The Labute approximate surface area is 139 Å². The average Bonchev–Trinajstić information content (AvgIpc) is 2.57. The molecule has 2 rings (SSSR count). The minimum Gasteiger partial charge on any atom is -0.370 e. The largest absolute Gasteiger partial charge is 0.370 e. The average molecular weight is 310 g/mol. The van der Waals surface area contributed by atoms with Crippen molar-refractivity contribution in [3.8, 4) is 0 Å². The van der Waals surface area contributed by atoms with Gasteiger partial charge < -0.3 is 16.0 Å². The highest BCUT2D eigenvalue weighted by Gasteiger charge is 2.12. The number of guanidine groups is 1. The van der Waals surface area contributed by atoms with E-state index in [1.54, 1.807) is 0 Å². The molecule has 1 atom stereocenters. The van der Waals surface area contributed by atoms with Crippen LogP contribution in [0.25, 0.3) is 0 Å². The molecule has 0 radical (unpaired) electrons. The zero-order valence-corrected chi connectivity index (χ0v) is 13.9. The van der Waals surface area contributed by atoms with Crippen LogP contribution in [-0.4, -0.2) is 38.0 Å². The van der Waals surface area contributed by atoms with Crippen LogP contribution in [0.4, 0.5) is 0 Å². The van der Waals surface area contributed by atoms with Crippen LogP contribution in [0.2, 0.25) is 0 Å². The monoisotopic (exact) mass is 310 g/mol. The van der Waals surface area contributed by atoms with Crippen molar-refractivity contribution in [1.29, 1.82) is 0 Å². The van der Waals surface area contributed by atoms with Crippen molar-refractivity contribution in [3.05, 3.63) is 71.8 Å². The highest BCUT2D eigenvalue weighted by molar-refractivity contribution is 5.77. The molecule has 0 saturated heterocycles. The van der Waals surface area contributed by atoms with E-state index >= 15 is 0 Å². The van der Waals surface area contributed by atoms with Crippen molar-refractivity contribution in [3.63, 3.8) is 0 Å². The van der Waals surface area contributed by atoms with E-state index in [1.807, 2.05) is 24.3 Å². The highest BCUT2D eigenvalue weighted by atomic mass is 15.1. The number of nitrogens with one attached hydrogen (secondary N) is 1. The summed E-state index contributed by atoms with van der Waals surface area (Å²) in [7, 11) is 4.12. The molecule has 0 fully saturated rings. The van der Waals surface area contributed by atoms with E-state index < -0.39 is 0 Å². The fraction of sp³-hybridized carbons (Fsp3) is 0.316. The lowest BCUT2D eigenvalue weighted by Gasteiger charge is -2.23. The fourth-order valence-electron chi connectivity index (χ4n) is 2.46. The molecule has 0 saturated carbocycles. The van der Waals surface area contributed by atoms with Crippen LogP contribution in [0.15, 0.2) is 65.7 Å². The van der Waals surface area contributed by atoms with Gasteiger partial charge in [0, 0.05) is 6.54 Å². The predicted molar refractivity (Wildman–Crippen MR) is 97.5 cm³/mol. The van der Waals surface area contributed by atoms with Crippen molar-refractivity contribution in [2.45, 2.75) is 12.5 Å². The molecule has 2 aromatic rings. The van der Waals surface area contributed by atoms with Gasteiger partial charge in [0.2, 0.25) is 0 Å². The summed E-state index contributed by atoms with van der Waals surface area (Å²) in [5.41, 5.74) is 8.53. The van der Waals surface area contributed by atoms with Gasteiger partial charge in [-0.1, -0.05) is 60.7 Å². The second-order valence-corrected chi connectivity index (χ2v) is 5.78. The molecule has 3 N–H and O–H groups in total. The van der Waals surface area contributed by atoms with Crippen LogP contribution >= 0.6 is 0 Å². The van der Waals surface area contributed by atoms with Crippen molar-refractivity contribution in [2.75, 3.05) is 27.2 Å². The first-order valence-electron chi connectivity index (χ1n) is 7.96. The number of hydrogen-bond donors (Lipinski definition) is 2. The van der Waals surface area contributed by atoms with E-state index in [-0.39, 0.29) is 6.04 Å². The second kappa shape index (κ2) is 8.96. The Morgan fingerprint density at radius 2 is 1.65 bits per heavy atom. The summed E-state index contributed by atoms with van der Waals surface area (Å²) in [5.74, 6) is 0.503. The molecular weight excluding hydrogens is 284 g/mol. The SMILES string of the molecule is CN(C)C(CN=C(N)NCCc1ccccc1)c1ccccc1. The van der Waals surface area contributed by atoms with Gasteiger partial charge in [-0.3, -0.25) is 4.99 Å². The van der Waals surface area contributed by atoms with Gasteiger partial charge in [-0.05, 0) is 31.6 Å². The normalized spacial score (nSPS) is 13.1. The van der Waals surface area contributed by atoms with Crippen LogP contribution in [0.5, 0.6) is 0 Å². The molecule has 0 aliphatic rings. The summed E-state index contributed by atoms with van der Waals surface area (Å²) in [6.07, 6.45) is 0.937. The van der Waals surface area contributed by atoms with Crippen LogP contribution in [-0.2, 0) is 6.42 Å². The minimum absolute atomic E-state index is 0.227. The van der Waals surface area contributed by atoms with E-state index in [4.69, 9.17) is 5.73 Å². The smallest absolute Gasteiger partial charge is 0.188 e. The standard InChI is InChI=1S/C19H26N4/c1-23(2)18(17-11-7-4-8-12-17)15-22-19(20)21-14-13-16-9-5-3-6-10-16/h3-12,18H,13-15H2,1-2H3,(H3,20,21,22). The molecule has 4 heteroatoms. The Bertz CT molecular complexity index is 593. The van der Waals surface area contributed by atoms with E-state index in [0.717, 1.165) is 13.0 Å². The quantitative estimate of drug-likeness (QED) is 0.610. The van der Waals surface area contributed by atoms with Crippen molar-refractivity contribution < 1.29 is 0 Å². The molecule has 0 bridgehead atoms. The Balaban J connectivity index is 1.84. The van der Waals surface area contributed by atoms with Gasteiger partial charge in [0.1, 0.15) is 0 Å². The summed E-state index contributed by atoms with van der Waals surface area (Å²) in [6.45, 7) is 1.43. The lowest BCUT2D eigenvalue weighted by molar-refractivity contribution is 0.306. The molecule has 23 heavy (non-hydrogen) atoms. The fourth-order valence-corrected chi connectivity index (χ4v) is 2.46. The van der Waals surface area contributed by atoms with Crippen LogP contribution in [0.3, 0.4) is 0 Å². The van der Waals surface area contributed by atoms with Gasteiger partial charge in [-0.25, -0.2) is 0 Å². The number of aliphatic imine (C=N–C) groups is 1. The summed E-state index contributed by atoms with van der Waals surface area (Å²) < 4.78 is 0. The maximum absolute atomic E-state index is 5.98. The third-order valence-corrected chi connectivity index (χ3v) is 3.80. The first kappa shape index (κ1) is 17.0. The lowest BCUT2D eigenvalue weighted by Crippen LogP contribution is -2.34. The molecule has 0 heterocycles. The van der Waals surface area contributed by atoms with Crippen molar-refractivity contribution in [1.82, 2.24) is 10.2 Å². The first-order valence-corrected chi connectivity index (χ1v) is 7.96. The van der Waals surface area contributed by atoms with Crippen LogP contribution in [0.1, 0.15) is 17.2 Å². The van der Waals surface area contributed by atoms with Gasteiger partial charge in [0.15, 0.2) is 5.96 Å². The summed E-state index contributed by atoms with van der Waals surface area (Å²) in [4.78, 5) is 6.66. The van der Waals surface area contributed by atoms with Crippen LogP contribution in [0, 0.1) is 0 Å². The molecule has 0 aromatic heterocycles. The topological polar surface area (TPSA) is 53.6 Å². The molecule has 0 aliphatic carbocycles. The summed E-state index contributed by atoms with van der Waals surface area (Å²) in [6, 6.07) is 21.0. The minimum atomic E-state index is 0.227. The van der Waals surface area contributed by atoms with E-state index in [1.165, 1.54) is 11.1 Å². The number of hydrogen-bond acceptors (Lipinski definition) is 2. The Hall–Kier alpha value is -2.33. The highest BCUT2D eigenvalue weighted by Crippen LogP contribution is 2.17. The van der Waals surface area contributed by atoms with E-state index in [9.17, 15) is 0 Å². The number of nitrogens with two attached hydrogens (primary N) is 1. The van der Waals surface area contributed by atoms with Crippen molar-refractivity contribution in [2.24, 2.45) is 10.7 Å². The Kier molecular flexibility index (Phi) is 6.63. The first-order chi connectivity index (χ1) is 11.2. The Morgan fingerprint density at radius 3 is 2.26 bits per heavy atom. The number of rotatable bonds is 7. The molecule has 0 amide bonds. The molecule has 122 valence electrons. The second-order valence-electron chi connectivity index (χ2n) is 5.78. The molecule has 1 unspecified atom stereocenters. The maximum Gasteiger partial charge on any atom is 0.188 e. The number of likely N-dealkylation sites (N-methyl/N-ethyl adjacent to an activating group) is 1. The zero-order chi connectivity index (χ0) is 16.5. The molecule has 2 aromatic carbocycles. The third kappa shape index (κ3) is 5.75. The maximum atomic E-state index is 5.98. The van der Waals surface area contributed by atoms with Gasteiger partial charge >= 0.3 is 0 Å². The summed E-state index contributed by atoms with van der Waals surface area (Å²) >= 11 is 0. The van der Waals surface area contributed by atoms with E-state index in [0.29, 0.717) is 12.5 Å². The number of benzene rings is 2. The van der Waals surface area contributed by atoms with Gasteiger partial charge in [0.05, 0.1) is 12.6 Å². The van der Waals surface area contributed by atoms with Gasteiger partial charge in [-0.2, -0.15) is 0 Å². The number of nitrogens with zero attached hydrogens (tertiary/aromatic N) is 2.